The summed E-state index contributed by atoms with van der Waals surface area (Å²) in [5.74, 6) is -0.562. The van der Waals surface area contributed by atoms with E-state index < -0.39 is 36.3 Å². The van der Waals surface area contributed by atoms with Gasteiger partial charge in [0, 0.05) is 37.7 Å². The quantitative estimate of drug-likeness (QED) is 0.360. The highest BCUT2D eigenvalue weighted by Gasteiger charge is 2.37. The van der Waals surface area contributed by atoms with Crippen molar-refractivity contribution in [1.29, 1.82) is 0 Å². The molecule has 1 saturated heterocycles. The Morgan fingerprint density at radius 2 is 1.87 bits per heavy atom. The molecule has 0 aliphatic carbocycles. The molecule has 0 bridgehead atoms. The van der Waals surface area contributed by atoms with E-state index in [4.69, 9.17) is 4.74 Å². The highest BCUT2D eigenvalue weighted by Crippen LogP contribution is 2.38. The van der Waals surface area contributed by atoms with Crippen LogP contribution < -0.4 is 20.3 Å². The number of carbonyl (C=O) groups is 1. The molecule has 210 valence electrons. The van der Waals surface area contributed by atoms with Crippen LogP contribution >= 0.6 is 0 Å². The topological polar surface area (TPSA) is 92.3 Å². The van der Waals surface area contributed by atoms with E-state index in [1.54, 1.807) is 20.0 Å². The minimum absolute atomic E-state index is 0.0202. The van der Waals surface area contributed by atoms with Gasteiger partial charge in [0.2, 0.25) is 11.8 Å². The monoisotopic (exact) mass is 552 g/mol. The number of aryl methyl sites for hydroxylation is 1. The van der Waals surface area contributed by atoms with E-state index in [2.05, 4.69) is 25.6 Å². The van der Waals surface area contributed by atoms with Gasteiger partial charge in [-0.05, 0) is 25.8 Å². The predicted octanol–water partition coefficient (Wildman–Crippen LogP) is 5.02. The molecule has 4 rings (SSSR count). The van der Waals surface area contributed by atoms with Crippen LogP contribution in [0.3, 0.4) is 0 Å². The second-order valence-corrected chi connectivity index (χ2v) is 9.61. The van der Waals surface area contributed by atoms with Gasteiger partial charge in [0.15, 0.2) is 12.3 Å². The van der Waals surface area contributed by atoms with Crippen molar-refractivity contribution >= 4 is 28.4 Å². The molecule has 2 aromatic heterocycles. The summed E-state index contributed by atoms with van der Waals surface area (Å²) in [6.45, 7) is 3.32. The van der Waals surface area contributed by atoms with E-state index in [1.807, 2.05) is 11.8 Å². The standard InChI is InChI=1S/C26H29F5N6O2/c1-14-34-22(33-12-15-5-4-6-16(20(15)29)21(30)31)17-11-18(24(36-23(17)35-14)39-13-19(27)28)37-9-7-26(2,8-10-37)25(38)32-3/h4-6,11,19,21H,7-10,12-13H2,1-3H3,(H,32,38)(H,33,34,35,36). The number of nitrogens with one attached hydrogen (secondary N) is 2. The number of aromatic nitrogens is 3. The molecule has 13 heteroatoms. The van der Waals surface area contributed by atoms with Crippen LogP contribution in [0.15, 0.2) is 24.3 Å². The highest BCUT2D eigenvalue weighted by molar-refractivity contribution is 5.90. The summed E-state index contributed by atoms with van der Waals surface area (Å²) in [6.07, 6.45) is -4.67. The Labute approximate surface area is 222 Å². The summed E-state index contributed by atoms with van der Waals surface area (Å²) in [5, 5.41) is 6.07. The van der Waals surface area contributed by atoms with Gasteiger partial charge >= 0.3 is 0 Å². The highest BCUT2D eigenvalue weighted by atomic mass is 19.3. The number of fused-ring (bicyclic) bond motifs is 1. The Bertz CT molecular complexity index is 1350. The fraction of sp³-hybridized carbons (Fsp3) is 0.462. The lowest BCUT2D eigenvalue weighted by molar-refractivity contribution is -0.130. The maximum Gasteiger partial charge on any atom is 0.272 e. The fourth-order valence-corrected chi connectivity index (χ4v) is 4.60. The summed E-state index contributed by atoms with van der Waals surface area (Å²) in [5.41, 5.74) is -0.678. The average Bonchev–Trinajstić information content (AvgIpc) is 2.90. The molecule has 3 heterocycles. The van der Waals surface area contributed by atoms with Crippen LogP contribution in [0.2, 0.25) is 0 Å². The van der Waals surface area contributed by atoms with E-state index in [0.717, 1.165) is 6.07 Å². The Morgan fingerprint density at radius 3 is 2.51 bits per heavy atom. The molecule has 0 unspecified atom stereocenters. The lowest BCUT2D eigenvalue weighted by Gasteiger charge is -2.39. The normalized spacial score (nSPS) is 15.2. The zero-order valence-corrected chi connectivity index (χ0v) is 21.7. The third kappa shape index (κ3) is 6.12. The first-order valence-electron chi connectivity index (χ1n) is 12.4. The largest absolute Gasteiger partial charge is 0.470 e. The summed E-state index contributed by atoms with van der Waals surface area (Å²) < 4.78 is 72.3. The molecule has 2 N–H and O–H groups in total. The third-order valence-electron chi connectivity index (χ3n) is 6.86. The van der Waals surface area contributed by atoms with E-state index >= 15 is 0 Å². The number of anilines is 2. The van der Waals surface area contributed by atoms with E-state index in [1.165, 1.54) is 12.1 Å². The Balaban J connectivity index is 1.70. The second kappa shape index (κ2) is 11.5. The van der Waals surface area contributed by atoms with Crippen LogP contribution in [0.1, 0.15) is 43.1 Å². The molecule has 0 radical (unpaired) electrons. The number of hydrogen-bond acceptors (Lipinski definition) is 7. The van der Waals surface area contributed by atoms with Crippen LogP contribution in [-0.2, 0) is 11.3 Å². The predicted molar refractivity (Wildman–Crippen MR) is 136 cm³/mol. The number of hydrogen-bond donors (Lipinski definition) is 2. The van der Waals surface area contributed by atoms with Crippen molar-refractivity contribution in [3.8, 4) is 5.88 Å². The number of benzene rings is 1. The van der Waals surface area contributed by atoms with Gasteiger partial charge in [0.05, 0.1) is 10.9 Å². The van der Waals surface area contributed by atoms with Crippen LogP contribution in [0.4, 0.5) is 33.5 Å². The summed E-state index contributed by atoms with van der Waals surface area (Å²) in [7, 11) is 1.58. The third-order valence-corrected chi connectivity index (χ3v) is 6.86. The molecule has 3 aromatic rings. The van der Waals surface area contributed by atoms with Crippen molar-refractivity contribution < 1.29 is 31.5 Å². The molecule has 39 heavy (non-hydrogen) atoms. The molecule has 0 atom stereocenters. The van der Waals surface area contributed by atoms with Crippen molar-refractivity contribution in [2.24, 2.45) is 5.41 Å². The van der Waals surface area contributed by atoms with Crippen LogP contribution in [0.25, 0.3) is 11.0 Å². The van der Waals surface area contributed by atoms with Crippen molar-refractivity contribution in [3.05, 3.63) is 47.0 Å². The average molecular weight is 553 g/mol. The van der Waals surface area contributed by atoms with Gasteiger partial charge in [0.25, 0.3) is 12.9 Å². The Hall–Kier alpha value is -3.77. The maximum absolute atomic E-state index is 14.6. The molecular weight excluding hydrogens is 523 g/mol. The Kier molecular flexibility index (Phi) is 8.36. The van der Waals surface area contributed by atoms with Gasteiger partial charge < -0.3 is 20.3 Å². The van der Waals surface area contributed by atoms with Crippen LogP contribution in [-0.4, -0.2) is 54.0 Å². The van der Waals surface area contributed by atoms with E-state index in [9.17, 15) is 26.7 Å². The van der Waals surface area contributed by atoms with Crippen molar-refractivity contribution in [1.82, 2.24) is 20.3 Å². The van der Waals surface area contributed by atoms with Gasteiger partial charge in [-0.1, -0.05) is 25.1 Å². The molecular formula is C26H29F5N6O2. The molecule has 1 aromatic carbocycles. The van der Waals surface area contributed by atoms with E-state index in [0.29, 0.717) is 42.8 Å². The number of ether oxygens (including phenoxy) is 1. The van der Waals surface area contributed by atoms with E-state index in [-0.39, 0.29) is 35.4 Å². The van der Waals surface area contributed by atoms with Gasteiger partial charge in [0.1, 0.15) is 23.1 Å². The smallest absolute Gasteiger partial charge is 0.272 e. The van der Waals surface area contributed by atoms with Crippen LogP contribution in [0.5, 0.6) is 5.88 Å². The molecule has 0 saturated carbocycles. The number of piperidine rings is 1. The van der Waals surface area contributed by atoms with Crippen molar-refractivity contribution in [3.63, 3.8) is 0 Å². The number of carbonyl (C=O) groups excluding carboxylic acids is 1. The first kappa shape index (κ1) is 28.2. The summed E-state index contributed by atoms with van der Waals surface area (Å²) >= 11 is 0. The molecule has 1 aliphatic rings. The SMILES string of the molecule is CNC(=O)C1(C)CCN(c2cc3c(NCc4cccc(C(F)F)c4F)nc(C)nc3nc2OCC(F)F)CC1. The number of pyridine rings is 1. The van der Waals surface area contributed by atoms with Crippen molar-refractivity contribution in [2.75, 3.05) is 37.0 Å². The van der Waals surface area contributed by atoms with Gasteiger partial charge in [-0.3, -0.25) is 4.79 Å². The lowest BCUT2D eigenvalue weighted by Crippen LogP contribution is -2.46. The zero-order valence-electron chi connectivity index (χ0n) is 21.7. The number of halogens is 5. The van der Waals surface area contributed by atoms with Gasteiger partial charge in [-0.2, -0.15) is 4.98 Å². The second-order valence-electron chi connectivity index (χ2n) is 9.61. The fourth-order valence-electron chi connectivity index (χ4n) is 4.60. The zero-order chi connectivity index (χ0) is 28.3. The first-order valence-corrected chi connectivity index (χ1v) is 12.4. The minimum Gasteiger partial charge on any atom is -0.470 e. The molecule has 1 fully saturated rings. The summed E-state index contributed by atoms with van der Waals surface area (Å²) in [6, 6.07) is 5.42. The molecule has 1 amide bonds. The number of nitrogens with zero attached hydrogens (tertiary/aromatic N) is 4. The van der Waals surface area contributed by atoms with Gasteiger partial charge in [-0.15, -0.1) is 0 Å². The Morgan fingerprint density at radius 1 is 1.15 bits per heavy atom. The lowest BCUT2D eigenvalue weighted by atomic mass is 9.79. The van der Waals surface area contributed by atoms with Gasteiger partial charge in [-0.25, -0.2) is 31.9 Å². The molecule has 8 nitrogen and oxygen atoms in total. The summed E-state index contributed by atoms with van der Waals surface area (Å²) in [4.78, 5) is 27.3. The minimum atomic E-state index is -2.96. The molecule has 0 spiro atoms. The van der Waals surface area contributed by atoms with Crippen molar-refractivity contribution in [2.45, 2.75) is 46.1 Å². The van der Waals surface area contributed by atoms with Crippen LogP contribution in [0, 0.1) is 18.2 Å². The number of amides is 1. The molecule has 1 aliphatic heterocycles. The number of rotatable bonds is 9. The number of alkyl halides is 4. The maximum atomic E-state index is 14.6. The first-order chi connectivity index (χ1) is 18.5.